The van der Waals surface area contributed by atoms with E-state index in [1.807, 2.05) is 0 Å². The Kier molecular flexibility index (Phi) is 5.20. The van der Waals surface area contributed by atoms with Crippen LogP contribution in [0.4, 0.5) is 4.39 Å². The third-order valence-corrected chi connectivity index (χ3v) is 3.51. The molecule has 0 spiro atoms. The molecule has 0 amide bonds. The summed E-state index contributed by atoms with van der Waals surface area (Å²) in [6.07, 6.45) is 0. The Balaban J connectivity index is 2.08. The van der Waals surface area contributed by atoms with Crippen LogP contribution in [-0.2, 0) is 0 Å². The van der Waals surface area contributed by atoms with E-state index in [-0.39, 0.29) is 18.1 Å². The van der Waals surface area contributed by atoms with E-state index >= 15 is 0 Å². The van der Waals surface area contributed by atoms with Gasteiger partial charge < -0.3 is 9.47 Å². The van der Waals surface area contributed by atoms with Gasteiger partial charge in [-0.15, -0.1) is 0 Å². The predicted octanol–water partition coefficient (Wildman–Crippen LogP) is 4.51. The molecule has 0 saturated heterocycles. The lowest BCUT2D eigenvalue weighted by atomic mass is 10.1. The minimum absolute atomic E-state index is 0.0114. The fourth-order valence-corrected chi connectivity index (χ4v) is 2.25. The van der Waals surface area contributed by atoms with Crippen molar-refractivity contribution >= 4 is 33.3 Å². The molecule has 2 rings (SSSR count). The zero-order valence-corrected chi connectivity index (χ0v) is 13.4. The van der Waals surface area contributed by atoms with Crippen LogP contribution in [0.25, 0.3) is 0 Å². The van der Waals surface area contributed by atoms with E-state index in [1.54, 1.807) is 18.2 Å². The van der Waals surface area contributed by atoms with Crippen LogP contribution in [0.3, 0.4) is 0 Å². The maximum Gasteiger partial charge on any atom is 0.200 e. The third kappa shape index (κ3) is 3.95. The van der Waals surface area contributed by atoms with Gasteiger partial charge in [-0.1, -0.05) is 27.5 Å². The lowest BCUT2D eigenvalue weighted by Gasteiger charge is -2.08. The SMILES string of the molecule is COc1ccc(C(=O)COc2cc(Br)ccc2F)cc1Cl. The molecular weight excluding hydrogens is 363 g/mol. The van der Waals surface area contributed by atoms with Crippen LogP contribution in [0.2, 0.25) is 5.02 Å². The zero-order valence-electron chi connectivity index (χ0n) is 11.0. The van der Waals surface area contributed by atoms with E-state index in [0.29, 0.717) is 20.8 Å². The maximum absolute atomic E-state index is 13.5. The highest BCUT2D eigenvalue weighted by Crippen LogP contribution is 2.26. The number of ether oxygens (including phenoxy) is 2. The third-order valence-electron chi connectivity index (χ3n) is 2.73. The first-order valence-corrected chi connectivity index (χ1v) is 7.13. The molecule has 0 fully saturated rings. The molecule has 3 nitrogen and oxygen atoms in total. The molecule has 0 aromatic heterocycles. The number of ketones is 1. The lowest BCUT2D eigenvalue weighted by molar-refractivity contribution is 0.0918. The highest BCUT2D eigenvalue weighted by atomic mass is 79.9. The molecular formula is C15H11BrClFO3. The quantitative estimate of drug-likeness (QED) is 0.723. The topological polar surface area (TPSA) is 35.5 Å². The number of rotatable bonds is 5. The molecule has 0 saturated carbocycles. The summed E-state index contributed by atoms with van der Waals surface area (Å²) in [5.74, 6) is -0.345. The Labute approximate surface area is 134 Å². The summed E-state index contributed by atoms with van der Waals surface area (Å²) in [5.41, 5.74) is 0.371. The molecule has 0 radical (unpaired) electrons. The Morgan fingerprint density at radius 3 is 2.67 bits per heavy atom. The molecule has 0 unspecified atom stereocenters. The fraction of sp³-hybridized carbons (Fsp3) is 0.133. The van der Waals surface area contributed by atoms with Crippen LogP contribution < -0.4 is 9.47 Å². The van der Waals surface area contributed by atoms with E-state index in [2.05, 4.69) is 15.9 Å². The minimum Gasteiger partial charge on any atom is -0.495 e. The molecule has 0 heterocycles. The molecule has 2 aromatic carbocycles. The van der Waals surface area contributed by atoms with Gasteiger partial charge in [-0.3, -0.25) is 4.79 Å². The van der Waals surface area contributed by atoms with Crippen molar-refractivity contribution in [1.29, 1.82) is 0 Å². The maximum atomic E-state index is 13.5. The second-order valence-corrected chi connectivity index (χ2v) is 5.46. The van der Waals surface area contributed by atoms with Crippen molar-refractivity contribution in [2.24, 2.45) is 0 Å². The number of carbonyl (C=O) groups excluding carboxylic acids is 1. The number of carbonyl (C=O) groups is 1. The van der Waals surface area contributed by atoms with Gasteiger partial charge in [-0.05, 0) is 36.4 Å². The molecule has 0 N–H and O–H groups in total. The number of halogens is 3. The number of hydrogen-bond acceptors (Lipinski definition) is 3. The highest BCUT2D eigenvalue weighted by Gasteiger charge is 2.12. The summed E-state index contributed by atoms with van der Waals surface area (Å²) < 4.78 is 24.4. The summed E-state index contributed by atoms with van der Waals surface area (Å²) in [6.45, 7) is -0.282. The largest absolute Gasteiger partial charge is 0.495 e. The van der Waals surface area contributed by atoms with Gasteiger partial charge in [0.05, 0.1) is 12.1 Å². The fourth-order valence-electron chi connectivity index (χ4n) is 1.65. The highest BCUT2D eigenvalue weighted by molar-refractivity contribution is 9.10. The number of hydrogen-bond donors (Lipinski definition) is 0. The summed E-state index contributed by atoms with van der Waals surface area (Å²) in [5, 5.41) is 0.331. The molecule has 0 bridgehead atoms. The van der Waals surface area contributed by atoms with Gasteiger partial charge in [-0.25, -0.2) is 4.39 Å². The van der Waals surface area contributed by atoms with Crippen LogP contribution in [0.15, 0.2) is 40.9 Å². The first-order valence-electron chi connectivity index (χ1n) is 5.96. The van der Waals surface area contributed by atoms with E-state index in [0.717, 1.165) is 0 Å². The smallest absolute Gasteiger partial charge is 0.200 e. The van der Waals surface area contributed by atoms with Crippen LogP contribution in [-0.4, -0.2) is 19.5 Å². The summed E-state index contributed by atoms with van der Waals surface area (Å²) in [4.78, 5) is 12.0. The van der Waals surface area contributed by atoms with Crippen molar-refractivity contribution in [2.75, 3.05) is 13.7 Å². The van der Waals surface area contributed by atoms with E-state index in [1.165, 1.54) is 25.3 Å². The van der Waals surface area contributed by atoms with Crippen molar-refractivity contribution < 1.29 is 18.7 Å². The zero-order chi connectivity index (χ0) is 15.4. The number of Topliss-reactive ketones (excluding diaryl/α,β-unsaturated/α-hetero) is 1. The van der Waals surface area contributed by atoms with Crippen LogP contribution in [0.1, 0.15) is 10.4 Å². The van der Waals surface area contributed by atoms with E-state index in [9.17, 15) is 9.18 Å². The number of methoxy groups -OCH3 is 1. The molecule has 0 aliphatic rings. The number of benzene rings is 2. The monoisotopic (exact) mass is 372 g/mol. The normalized spacial score (nSPS) is 10.3. The summed E-state index contributed by atoms with van der Waals surface area (Å²) in [7, 11) is 1.49. The molecule has 6 heteroatoms. The van der Waals surface area contributed by atoms with Crippen LogP contribution >= 0.6 is 27.5 Å². The molecule has 21 heavy (non-hydrogen) atoms. The summed E-state index contributed by atoms with van der Waals surface area (Å²) >= 11 is 9.16. The predicted molar refractivity (Wildman–Crippen MR) is 81.9 cm³/mol. The first-order chi connectivity index (χ1) is 10.0. The van der Waals surface area contributed by atoms with E-state index < -0.39 is 5.82 Å². The van der Waals surface area contributed by atoms with Crippen molar-refractivity contribution in [3.05, 3.63) is 57.3 Å². The Hall–Kier alpha value is -1.59. The molecule has 110 valence electrons. The van der Waals surface area contributed by atoms with Crippen molar-refractivity contribution in [3.63, 3.8) is 0 Å². The van der Waals surface area contributed by atoms with Gasteiger partial charge in [0.1, 0.15) is 5.75 Å². The van der Waals surface area contributed by atoms with Gasteiger partial charge >= 0.3 is 0 Å². The van der Waals surface area contributed by atoms with Gasteiger partial charge in [0, 0.05) is 10.0 Å². The van der Waals surface area contributed by atoms with Crippen molar-refractivity contribution in [2.45, 2.75) is 0 Å². The van der Waals surface area contributed by atoms with Crippen molar-refractivity contribution in [1.82, 2.24) is 0 Å². The average Bonchev–Trinajstić information content (AvgIpc) is 2.47. The second kappa shape index (κ2) is 6.91. The van der Waals surface area contributed by atoms with Crippen LogP contribution in [0, 0.1) is 5.82 Å². The standard InChI is InChI=1S/C15H11BrClFO3/c1-20-14-5-2-9(6-11(14)17)13(19)8-21-15-7-10(16)3-4-12(15)18/h2-7H,8H2,1H3. The van der Waals surface area contributed by atoms with Gasteiger partial charge in [0.2, 0.25) is 0 Å². The van der Waals surface area contributed by atoms with E-state index in [4.69, 9.17) is 21.1 Å². The second-order valence-electron chi connectivity index (χ2n) is 4.14. The van der Waals surface area contributed by atoms with Gasteiger partial charge in [0.15, 0.2) is 24.0 Å². The molecule has 2 aromatic rings. The lowest BCUT2D eigenvalue weighted by Crippen LogP contribution is -2.12. The minimum atomic E-state index is -0.529. The Bertz CT molecular complexity index is 676. The Morgan fingerprint density at radius 1 is 1.24 bits per heavy atom. The molecule has 0 aliphatic carbocycles. The Morgan fingerprint density at radius 2 is 2.00 bits per heavy atom. The first kappa shape index (κ1) is 15.8. The van der Waals surface area contributed by atoms with Gasteiger partial charge in [-0.2, -0.15) is 0 Å². The average molecular weight is 374 g/mol. The van der Waals surface area contributed by atoms with Gasteiger partial charge in [0.25, 0.3) is 0 Å². The van der Waals surface area contributed by atoms with Crippen LogP contribution in [0.5, 0.6) is 11.5 Å². The van der Waals surface area contributed by atoms with Crippen molar-refractivity contribution in [3.8, 4) is 11.5 Å². The summed E-state index contributed by atoms with van der Waals surface area (Å²) in [6, 6.07) is 8.93. The molecule has 0 aliphatic heterocycles. The molecule has 0 atom stereocenters.